The zero-order chi connectivity index (χ0) is 13.8. The van der Waals surface area contributed by atoms with E-state index in [1.165, 1.54) is 11.3 Å². The molecule has 0 fully saturated rings. The Balaban J connectivity index is 2.11. The molecule has 8 heteroatoms. The molecule has 0 spiro atoms. The van der Waals surface area contributed by atoms with Crippen LogP contribution in [0.15, 0.2) is 6.20 Å². The van der Waals surface area contributed by atoms with Crippen LogP contribution in [-0.4, -0.2) is 32.4 Å². The summed E-state index contributed by atoms with van der Waals surface area (Å²) < 4.78 is 1.68. The summed E-state index contributed by atoms with van der Waals surface area (Å²) in [7, 11) is 1.82. The van der Waals surface area contributed by atoms with E-state index in [9.17, 15) is 4.79 Å². The van der Waals surface area contributed by atoms with Gasteiger partial charge in [-0.15, -0.1) is 10.2 Å². The molecule has 0 aromatic carbocycles. The van der Waals surface area contributed by atoms with Gasteiger partial charge in [-0.2, -0.15) is 5.10 Å². The molecule has 1 amide bonds. The molecule has 7 nitrogen and oxygen atoms in total. The van der Waals surface area contributed by atoms with Gasteiger partial charge in [0.15, 0.2) is 0 Å². The predicted octanol–water partition coefficient (Wildman–Crippen LogP) is 1.52. The van der Waals surface area contributed by atoms with Gasteiger partial charge in [0.05, 0.1) is 11.4 Å². The smallest absolute Gasteiger partial charge is 0.286 e. The second-order valence-electron chi connectivity index (χ2n) is 3.91. The van der Waals surface area contributed by atoms with E-state index in [0.717, 1.165) is 24.3 Å². The number of nitrogens with zero attached hydrogens (tertiary/aromatic N) is 4. The first-order valence-corrected chi connectivity index (χ1v) is 6.87. The number of amides is 1. The molecule has 2 rings (SSSR count). The summed E-state index contributed by atoms with van der Waals surface area (Å²) in [6, 6.07) is 0. The quantitative estimate of drug-likeness (QED) is 0.867. The third kappa shape index (κ3) is 3.08. The van der Waals surface area contributed by atoms with Crippen LogP contribution in [0.25, 0.3) is 0 Å². The first-order valence-electron chi connectivity index (χ1n) is 6.05. The van der Waals surface area contributed by atoms with Crippen LogP contribution in [0.3, 0.4) is 0 Å². The normalized spacial score (nSPS) is 10.5. The van der Waals surface area contributed by atoms with E-state index >= 15 is 0 Å². The van der Waals surface area contributed by atoms with Gasteiger partial charge in [-0.05, 0) is 13.3 Å². The minimum absolute atomic E-state index is 0.260. The molecule has 0 bridgehead atoms. The van der Waals surface area contributed by atoms with Crippen LogP contribution < -0.4 is 10.6 Å². The molecule has 0 aliphatic rings. The predicted molar refractivity (Wildman–Crippen MR) is 74.6 cm³/mol. The first kappa shape index (κ1) is 13.5. The number of anilines is 2. The summed E-state index contributed by atoms with van der Waals surface area (Å²) in [5.41, 5.74) is 1.57. The van der Waals surface area contributed by atoms with Crippen molar-refractivity contribution in [3.05, 3.63) is 16.9 Å². The molecule has 2 N–H and O–H groups in total. The van der Waals surface area contributed by atoms with Gasteiger partial charge in [-0.1, -0.05) is 18.3 Å². The van der Waals surface area contributed by atoms with Crippen molar-refractivity contribution in [2.24, 2.45) is 7.05 Å². The maximum Gasteiger partial charge on any atom is 0.286 e. The van der Waals surface area contributed by atoms with E-state index in [1.807, 2.05) is 20.9 Å². The van der Waals surface area contributed by atoms with Crippen LogP contribution >= 0.6 is 11.3 Å². The van der Waals surface area contributed by atoms with Gasteiger partial charge in [-0.3, -0.25) is 9.48 Å². The van der Waals surface area contributed by atoms with Crippen molar-refractivity contribution < 1.29 is 4.79 Å². The number of nitrogens with one attached hydrogen (secondary N) is 2. The maximum absolute atomic E-state index is 12.0. The largest absolute Gasteiger partial charge is 0.360 e. The zero-order valence-corrected chi connectivity index (χ0v) is 11.9. The molecule has 0 unspecified atom stereocenters. The molecule has 19 heavy (non-hydrogen) atoms. The third-order valence-corrected chi connectivity index (χ3v) is 3.32. The molecule has 0 saturated carbocycles. The summed E-state index contributed by atoms with van der Waals surface area (Å²) in [5.74, 6) is -0.260. The lowest BCUT2D eigenvalue weighted by Crippen LogP contribution is -2.12. The van der Waals surface area contributed by atoms with Crippen LogP contribution in [0.5, 0.6) is 0 Å². The van der Waals surface area contributed by atoms with Crippen LogP contribution in [0.4, 0.5) is 10.8 Å². The highest BCUT2D eigenvalue weighted by Crippen LogP contribution is 2.18. The lowest BCUT2D eigenvalue weighted by atomic mass is 10.3. The Morgan fingerprint density at radius 2 is 2.21 bits per heavy atom. The molecule has 2 aromatic heterocycles. The van der Waals surface area contributed by atoms with Crippen LogP contribution in [0.1, 0.15) is 29.3 Å². The van der Waals surface area contributed by atoms with Crippen molar-refractivity contribution in [2.75, 3.05) is 17.2 Å². The molecule has 2 heterocycles. The van der Waals surface area contributed by atoms with Crippen LogP contribution in [-0.2, 0) is 13.5 Å². The molecule has 0 atom stereocenters. The SMILES string of the molecule is CCNc1nnc(C(=O)Nc2cn(C)nc2CC)s1. The Morgan fingerprint density at radius 1 is 1.42 bits per heavy atom. The second-order valence-corrected chi connectivity index (χ2v) is 4.89. The Labute approximate surface area is 115 Å². The van der Waals surface area contributed by atoms with E-state index in [-0.39, 0.29) is 5.91 Å². The lowest BCUT2D eigenvalue weighted by Gasteiger charge is -2.00. The minimum Gasteiger partial charge on any atom is -0.360 e. The van der Waals surface area contributed by atoms with Crippen molar-refractivity contribution in [3.63, 3.8) is 0 Å². The highest BCUT2D eigenvalue weighted by molar-refractivity contribution is 7.17. The average Bonchev–Trinajstić information content (AvgIpc) is 2.96. The van der Waals surface area contributed by atoms with Crippen molar-refractivity contribution in [1.82, 2.24) is 20.0 Å². The van der Waals surface area contributed by atoms with E-state index in [2.05, 4.69) is 25.9 Å². The number of hydrogen-bond acceptors (Lipinski definition) is 6. The number of rotatable bonds is 5. The van der Waals surface area contributed by atoms with Gasteiger partial charge in [0.25, 0.3) is 5.91 Å². The first-order chi connectivity index (χ1) is 9.13. The van der Waals surface area contributed by atoms with Gasteiger partial charge < -0.3 is 10.6 Å². The van der Waals surface area contributed by atoms with Crippen molar-refractivity contribution in [2.45, 2.75) is 20.3 Å². The topological polar surface area (TPSA) is 84.7 Å². The Kier molecular flexibility index (Phi) is 4.10. The second kappa shape index (κ2) is 5.79. The Hall–Kier alpha value is -1.96. The number of hydrogen-bond donors (Lipinski definition) is 2. The molecular formula is C11H16N6OS. The third-order valence-electron chi connectivity index (χ3n) is 2.44. The molecule has 2 aromatic rings. The minimum atomic E-state index is -0.260. The average molecular weight is 280 g/mol. The summed E-state index contributed by atoms with van der Waals surface area (Å²) in [5, 5.41) is 18.8. The van der Waals surface area contributed by atoms with E-state index in [1.54, 1.807) is 10.9 Å². The van der Waals surface area contributed by atoms with Gasteiger partial charge in [0.2, 0.25) is 10.1 Å². The molecule has 102 valence electrons. The molecule has 0 aliphatic carbocycles. The number of carbonyl (C=O) groups excluding carboxylic acids is 1. The van der Waals surface area contributed by atoms with Gasteiger partial charge in [0, 0.05) is 19.8 Å². The fraction of sp³-hybridized carbons (Fsp3) is 0.455. The summed E-state index contributed by atoms with van der Waals surface area (Å²) in [4.78, 5) is 12.0. The van der Waals surface area contributed by atoms with Crippen LogP contribution in [0, 0.1) is 0 Å². The van der Waals surface area contributed by atoms with Crippen molar-refractivity contribution in [1.29, 1.82) is 0 Å². The molecular weight excluding hydrogens is 264 g/mol. The van der Waals surface area contributed by atoms with Gasteiger partial charge in [-0.25, -0.2) is 0 Å². The molecule has 0 aliphatic heterocycles. The number of aromatic nitrogens is 4. The van der Waals surface area contributed by atoms with Crippen LogP contribution in [0.2, 0.25) is 0 Å². The lowest BCUT2D eigenvalue weighted by molar-refractivity contribution is 0.102. The van der Waals surface area contributed by atoms with Crippen molar-refractivity contribution >= 4 is 28.1 Å². The number of carbonyl (C=O) groups is 1. The van der Waals surface area contributed by atoms with E-state index in [0.29, 0.717) is 10.1 Å². The fourth-order valence-electron chi connectivity index (χ4n) is 1.61. The highest BCUT2D eigenvalue weighted by atomic mass is 32.1. The summed E-state index contributed by atoms with van der Waals surface area (Å²) in [6.45, 7) is 4.70. The molecule has 0 saturated heterocycles. The van der Waals surface area contributed by atoms with Crippen molar-refractivity contribution in [3.8, 4) is 0 Å². The Morgan fingerprint density at radius 3 is 2.89 bits per heavy atom. The van der Waals surface area contributed by atoms with Gasteiger partial charge >= 0.3 is 0 Å². The summed E-state index contributed by atoms with van der Waals surface area (Å²) >= 11 is 1.23. The molecule has 0 radical (unpaired) electrons. The number of aryl methyl sites for hydroxylation is 2. The fourth-order valence-corrected chi connectivity index (χ4v) is 2.32. The highest BCUT2D eigenvalue weighted by Gasteiger charge is 2.15. The van der Waals surface area contributed by atoms with Gasteiger partial charge in [0.1, 0.15) is 0 Å². The monoisotopic (exact) mass is 280 g/mol. The summed E-state index contributed by atoms with van der Waals surface area (Å²) in [6.07, 6.45) is 2.54. The zero-order valence-electron chi connectivity index (χ0n) is 11.1. The Bertz CT molecular complexity index is 576. The van der Waals surface area contributed by atoms with E-state index in [4.69, 9.17) is 0 Å². The standard InChI is InChI=1S/C11H16N6OS/c1-4-7-8(6-17(3)16-7)13-9(18)10-14-15-11(19-10)12-5-2/h6H,4-5H2,1-3H3,(H,12,15)(H,13,18). The maximum atomic E-state index is 12.0. The van der Waals surface area contributed by atoms with E-state index < -0.39 is 0 Å².